The van der Waals surface area contributed by atoms with E-state index in [1.165, 1.54) is 6.20 Å². The van der Waals surface area contributed by atoms with Crippen molar-refractivity contribution in [3.05, 3.63) is 53.8 Å². The van der Waals surface area contributed by atoms with Crippen molar-refractivity contribution in [2.45, 2.75) is 41.0 Å². The molecule has 1 aromatic rings. The molecule has 0 bridgehead atoms. The van der Waals surface area contributed by atoms with E-state index in [0.717, 1.165) is 5.70 Å². The van der Waals surface area contributed by atoms with Crippen LogP contribution >= 0.6 is 0 Å². The maximum Gasteiger partial charge on any atom is 0.144 e. The van der Waals surface area contributed by atoms with Gasteiger partial charge in [-0.1, -0.05) is 39.8 Å². The van der Waals surface area contributed by atoms with E-state index in [1.54, 1.807) is 25.3 Å². The molecule has 2 N–H and O–H groups in total. The van der Waals surface area contributed by atoms with E-state index < -0.39 is 0 Å². The highest BCUT2D eigenvalue weighted by Crippen LogP contribution is 2.05. The van der Waals surface area contributed by atoms with E-state index in [1.807, 2.05) is 39.8 Å². The van der Waals surface area contributed by atoms with E-state index in [9.17, 15) is 4.39 Å². The SMILES string of the molecule is C/C(N)=C/C=C\Cc1ccncc1F.CC.CC. The van der Waals surface area contributed by atoms with Gasteiger partial charge in [0.25, 0.3) is 0 Å². The monoisotopic (exact) mass is 252 g/mol. The lowest BCUT2D eigenvalue weighted by molar-refractivity contribution is 0.608. The molecular weight excluding hydrogens is 227 g/mol. The third-order valence-corrected chi connectivity index (χ3v) is 1.69. The molecule has 0 saturated heterocycles. The van der Waals surface area contributed by atoms with Crippen molar-refractivity contribution in [3.63, 3.8) is 0 Å². The molecule has 18 heavy (non-hydrogen) atoms. The molecule has 0 fully saturated rings. The fourth-order valence-electron chi connectivity index (χ4n) is 0.984. The number of allylic oxidation sites excluding steroid dienone is 4. The van der Waals surface area contributed by atoms with Gasteiger partial charge in [-0.05, 0) is 31.1 Å². The fourth-order valence-corrected chi connectivity index (χ4v) is 0.984. The van der Waals surface area contributed by atoms with Crippen LogP contribution in [0.25, 0.3) is 0 Å². The van der Waals surface area contributed by atoms with Gasteiger partial charge in [0.15, 0.2) is 0 Å². The third kappa shape index (κ3) is 9.58. The average molecular weight is 252 g/mol. The van der Waals surface area contributed by atoms with Crippen LogP contribution in [-0.4, -0.2) is 4.98 Å². The summed E-state index contributed by atoms with van der Waals surface area (Å²) in [5.74, 6) is -0.273. The van der Waals surface area contributed by atoms with E-state index in [0.29, 0.717) is 12.0 Å². The first-order valence-corrected chi connectivity index (χ1v) is 6.37. The molecule has 1 heterocycles. The zero-order valence-corrected chi connectivity index (χ0v) is 12.1. The van der Waals surface area contributed by atoms with Gasteiger partial charge >= 0.3 is 0 Å². The van der Waals surface area contributed by atoms with Gasteiger partial charge in [-0.3, -0.25) is 4.98 Å². The Morgan fingerprint density at radius 2 is 1.94 bits per heavy atom. The summed E-state index contributed by atoms with van der Waals surface area (Å²) in [4.78, 5) is 3.67. The van der Waals surface area contributed by atoms with Crippen molar-refractivity contribution in [3.8, 4) is 0 Å². The van der Waals surface area contributed by atoms with Crippen LogP contribution in [0.3, 0.4) is 0 Å². The predicted octanol–water partition coefficient (Wildman–Crippen LogP) is 4.23. The number of pyridine rings is 1. The molecular formula is C15H25FN2. The van der Waals surface area contributed by atoms with Crippen LogP contribution in [0, 0.1) is 5.82 Å². The van der Waals surface area contributed by atoms with Gasteiger partial charge in [0, 0.05) is 11.9 Å². The molecule has 0 saturated carbocycles. The molecule has 0 aliphatic carbocycles. The van der Waals surface area contributed by atoms with Gasteiger partial charge in [0.05, 0.1) is 6.20 Å². The molecule has 3 heteroatoms. The molecule has 0 spiro atoms. The van der Waals surface area contributed by atoms with E-state index in [4.69, 9.17) is 5.73 Å². The smallest absolute Gasteiger partial charge is 0.144 e. The maximum atomic E-state index is 13.0. The Hall–Kier alpha value is -1.64. The summed E-state index contributed by atoms with van der Waals surface area (Å²) in [5, 5.41) is 0. The van der Waals surface area contributed by atoms with Crippen LogP contribution in [0.2, 0.25) is 0 Å². The van der Waals surface area contributed by atoms with Crippen LogP contribution in [0.5, 0.6) is 0 Å². The molecule has 1 aromatic heterocycles. The highest BCUT2D eigenvalue weighted by molar-refractivity contribution is 5.18. The van der Waals surface area contributed by atoms with Crippen molar-refractivity contribution in [2.24, 2.45) is 5.73 Å². The molecule has 102 valence electrons. The number of nitrogens with zero attached hydrogens (tertiary/aromatic N) is 1. The van der Waals surface area contributed by atoms with Gasteiger partial charge in [-0.2, -0.15) is 0 Å². The molecule has 0 atom stereocenters. The first-order chi connectivity index (χ1) is 8.70. The van der Waals surface area contributed by atoms with E-state index >= 15 is 0 Å². The normalized spacial score (nSPS) is 10.2. The summed E-state index contributed by atoms with van der Waals surface area (Å²) >= 11 is 0. The zero-order valence-electron chi connectivity index (χ0n) is 12.1. The summed E-state index contributed by atoms with van der Waals surface area (Å²) in [7, 11) is 0. The van der Waals surface area contributed by atoms with Crippen molar-refractivity contribution >= 4 is 0 Å². The van der Waals surface area contributed by atoms with Crippen LogP contribution in [0.1, 0.15) is 40.2 Å². The Balaban J connectivity index is 0. The molecule has 2 nitrogen and oxygen atoms in total. The second kappa shape index (κ2) is 13.4. The van der Waals surface area contributed by atoms with Crippen molar-refractivity contribution in [2.75, 3.05) is 0 Å². The number of aromatic nitrogens is 1. The Labute approximate surface area is 110 Å². The van der Waals surface area contributed by atoms with Gasteiger partial charge in [-0.25, -0.2) is 4.39 Å². The molecule has 0 aliphatic rings. The van der Waals surface area contributed by atoms with Gasteiger partial charge in [0.2, 0.25) is 0 Å². The molecule has 1 rings (SSSR count). The summed E-state index contributed by atoms with van der Waals surface area (Å²) in [5.41, 5.74) is 6.80. The number of halogens is 1. The Morgan fingerprint density at radius 3 is 2.44 bits per heavy atom. The highest BCUT2D eigenvalue weighted by atomic mass is 19.1. The minimum absolute atomic E-state index is 0.273. The highest BCUT2D eigenvalue weighted by Gasteiger charge is 1.96. The standard InChI is InChI=1S/C11H13FN2.2C2H6/c1-9(13)4-2-3-5-10-6-7-14-8-11(10)12;2*1-2/h2-4,6-8H,5,13H2,1H3;2*1-2H3/b3-2-,9-4-;;. The largest absolute Gasteiger partial charge is 0.402 e. The molecule has 0 amide bonds. The zero-order chi connectivity index (χ0) is 14.4. The topological polar surface area (TPSA) is 38.9 Å². The summed E-state index contributed by atoms with van der Waals surface area (Å²) in [6.07, 6.45) is 8.80. The van der Waals surface area contributed by atoms with Gasteiger partial charge in [0.1, 0.15) is 5.82 Å². The Kier molecular flexibility index (Phi) is 14.0. The summed E-state index contributed by atoms with van der Waals surface area (Å²) in [6, 6.07) is 1.67. The number of hydrogen-bond acceptors (Lipinski definition) is 2. The number of nitrogens with two attached hydrogens (primary N) is 1. The third-order valence-electron chi connectivity index (χ3n) is 1.69. The molecule has 0 radical (unpaired) electrons. The van der Waals surface area contributed by atoms with E-state index in [-0.39, 0.29) is 5.82 Å². The van der Waals surface area contributed by atoms with Crippen LogP contribution in [-0.2, 0) is 6.42 Å². The fraction of sp³-hybridized carbons (Fsp3) is 0.400. The number of rotatable bonds is 3. The van der Waals surface area contributed by atoms with E-state index in [2.05, 4.69) is 4.98 Å². The average Bonchev–Trinajstić information content (AvgIpc) is 2.41. The van der Waals surface area contributed by atoms with Crippen LogP contribution < -0.4 is 5.73 Å². The Morgan fingerprint density at radius 1 is 1.33 bits per heavy atom. The second-order valence-electron chi connectivity index (χ2n) is 3.01. The van der Waals surface area contributed by atoms with Gasteiger partial charge in [-0.15, -0.1) is 0 Å². The lowest BCUT2D eigenvalue weighted by Gasteiger charge is -1.96. The molecule has 0 aromatic carbocycles. The minimum atomic E-state index is -0.273. The van der Waals surface area contributed by atoms with Crippen molar-refractivity contribution < 1.29 is 4.39 Å². The lowest BCUT2D eigenvalue weighted by Crippen LogP contribution is -1.89. The van der Waals surface area contributed by atoms with Crippen LogP contribution in [0.4, 0.5) is 4.39 Å². The summed E-state index contributed by atoms with van der Waals surface area (Å²) in [6.45, 7) is 9.80. The number of hydrogen-bond donors (Lipinski definition) is 1. The Bertz CT molecular complexity index is 353. The summed E-state index contributed by atoms with van der Waals surface area (Å²) < 4.78 is 13.0. The first-order valence-electron chi connectivity index (χ1n) is 6.37. The predicted molar refractivity (Wildman–Crippen MR) is 77.7 cm³/mol. The molecule has 0 unspecified atom stereocenters. The van der Waals surface area contributed by atoms with Crippen molar-refractivity contribution in [1.82, 2.24) is 4.98 Å². The van der Waals surface area contributed by atoms with Gasteiger partial charge < -0.3 is 5.73 Å². The quantitative estimate of drug-likeness (QED) is 0.817. The van der Waals surface area contributed by atoms with Crippen LogP contribution in [0.15, 0.2) is 42.4 Å². The second-order valence-corrected chi connectivity index (χ2v) is 3.01. The first kappa shape index (κ1) is 18.7. The maximum absolute atomic E-state index is 13.0. The lowest BCUT2D eigenvalue weighted by atomic mass is 10.2. The molecule has 0 aliphatic heterocycles. The van der Waals surface area contributed by atoms with Crippen molar-refractivity contribution in [1.29, 1.82) is 0 Å². The minimum Gasteiger partial charge on any atom is -0.402 e.